The minimum absolute atomic E-state index is 0.132. The molecule has 174 valence electrons. The van der Waals surface area contributed by atoms with Gasteiger partial charge in [0.2, 0.25) is 0 Å². The van der Waals surface area contributed by atoms with Crippen molar-refractivity contribution in [2.24, 2.45) is 0 Å². The molecule has 1 fully saturated rings. The lowest BCUT2D eigenvalue weighted by Gasteiger charge is -2.34. The normalized spacial score (nSPS) is 15.0. The lowest BCUT2D eigenvalue weighted by molar-refractivity contribution is -0.137. The summed E-state index contributed by atoms with van der Waals surface area (Å²) in [5, 5.41) is 6.89. The Morgan fingerprint density at radius 3 is 2.48 bits per heavy atom. The molecule has 0 spiro atoms. The first-order valence-corrected chi connectivity index (χ1v) is 10.7. The number of amides is 2. The van der Waals surface area contributed by atoms with Gasteiger partial charge in [0.25, 0.3) is 5.89 Å². The van der Waals surface area contributed by atoms with Gasteiger partial charge in [-0.05, 0) is 48.4 Å². The molecular weight excluding hydrogens is 435 g/mol. The predicted molar refractivity (Wildman–Crippen MR) is 116 cm³/mol. The van der Waals surface area contributed by atoms with Crippen molar-refractivity contribution in [2.75, 3.05) is 31.5 Å². The van der Waals surface area contributed by atoms with Crippen molar-refractivity contribution in [3.8, 4) is 11.5 Å². The lowest BCUT2D eigenvalue weighted by atomic mass is 10.1. The molecule has 1 saturated heterocycles. The molecule has 3 aromatic rings. The third kappa shape index (κ3) is 5.70. The van der Waals surface area contributed by atoms with Crippen LogP contribution in [0.1, 0.15) is 23.9 Å². The molecule has 0 unspecified atom stereocenters. The number of hydrogen-bond acceptors (Lipinski definition) is 5. The molecular formula is C23H24F3N5O2. The topological polar surface area (TPSA) is 74.5 Å². The average Bonchev–Trinajstić information content (AvgIpc) is 3.27. The summed E-state index contributed by atoms with van der Waals surface area (Å²) >= 11 is 0. The molecule has 1 aliphatic rings. The molecule has 2 aromatic carbocycles. The monoisotopic (exact) mass is 459 g/mol. The van der Waals surface area contributed by atoms with Gasteiger partial charge in [-0.25, -0.2) is 4.79 Å². The van der Waals surface area contributed by atoms with Crippen LogP contribution in [0, 0.1) is 0 Å². The van der Waals surface area contributed by atoms with Crippen molar-refractivity contribution < 1.29 is 22.5 Å². The maximum Gasteiger partial charge on any atom is 0.416 e. The van der Waals surface area contributed by atoms with E-state index in [0.29, 0.717) is 44.1 Å². The van der Waals surface area contributed by atoms with Gasteiger partial charge in [0.05, 0.1) is 12.1 Å². The third-order valence-electron chi connectivity index (χ3n) is 5.54. The Morgan fingerprint density at radius 1 is 1.09 bits per heavy atom. The number of aromatic nitrogens is 2. The zero-order valence-corrected chi connectivity index (χ0v) is 18.1. The van der Waals surface area contributed by atoms with Gasteiger partial charge in [-0.15, -0.1) is 0 Å². The maximum absolute atomic E-state index is 12.7. The van der Waals surface area contributed by atoms with Crippen molar-refractivity contribution >= 4 is 11.7 Å². The molecule has 2 amide bonds. The second-order valence-corrected chi connectivity index (χ2v) is 7.84. The van der Waals surface area contributed by atoms with E-state index >= 15 is 0 Å². The van der Waals surface area contributed by atoms with Crippen LogP contribution in [-0.4, -0.2) is 52.2 Å². The molecule has 10 heteroatoms. The quantitative estimate of drug-likeness (QED) is 0.600. The minimum atomic E-state index is -4.39. The van der Waals surface area contributed by atoms with Crippen LogP contribution in [-0.2, 0) is 19.1 Å². The Labute approximate surface area is 189 Å². The number of halogens is 3. The Bertz CT molecular complexity index is 1090. The Kier molecular flexibility index (Phi) is 6.64. The van der Waals surface area contributed by atoms with E-state index in [1.807, 2.05) is 24.3 Å². The van der Waals surface area contributed by atoms with Crippen molar-refractivity contribution in [3.63, 3.8) is 0 Å². The summed E-state index contributed by atoms with van der Waals surface area (Å²) in [7, 11) is 0. The second kappa shape index (κ2) is 9.62. The predicted octanol–water partition coefficient (Wildman–Crippen LogP) is 4.67. The van der Waals surface area contributed by atoms with Crippen LogP contribution in [0.5, 0.6) is 0 Å². The number of rotatable bonds is 5. The summed E-state index contributed by atoms with van der Waals surface area (Å²) in [5.74, 6) is 0.616. The van der Waals surface area contributed by atoms with E-state index < -0.39 is 11.7 Å². The number of nitrogens with one attached hydrogen (secondary N) is 1. The number of alkyl halides is 3. The highest BCUT2D eigenvalue weighted by Crippen LogP contribution is 2.30. The van der Waals surface area contributed by atoms with Crippen LogP contribution >= 0.6 is 0 Å². The third-order valence-corrected chi connectivity index (χ3v) is 5.54. The fourth-order valence-corrected chi connectivity index (χ4v) is 3.62. The second-order valence-electron chi connectivity index (χ2n) is 7.84. The van der Waals surface area contributed by atoms with Crippen LogP contribution in [0.4, 0.5) is 23.7 Å². The van der Waals surface area contributed by atoms with Crippen molar-refractivity contribution in [1.29, 1.82) is 0 Å². The smallest absolute Gasteiger partial charge is 0.334 e. The number of aryl methyl sites for hydroxylation is 1. The van der Waals surface area contributed by atoms with Gasteiger partial charge in [-0.1, -0.05) is 24.2 Å². The van der Waals surface area contributed by atoms with Gasteiger partial charge >= 0.3 is 12.2 Å². The molecule has 0 saturated carbocycles. The molecule has 7 nitrogen and oxygen atoms in total. The summed E-state index contributed by atoms with van der Waals surface area (Å²) in [6.45, 7) is 4.90. The van der Waals surface area contributed by atoms with Crippen LogP contribution in [0.15, 0.2) is 53.1 Å². The number of benzene rings is 2. The van der Waals surface area contributed by atoms with Crippen LogP contribution in [0.2, 0.25) is 0 Å². The standard InChI is InChI=1S/C23H24F3N5O2/c1-2-16-4-3-5-19(14-16)27-22(32)31-12-10-30(11-13-31)15-20-28-21(33-29-20)17-6-8-18(9-7-17)23(24,25)26/h3-9,14H,2,10-13,15H2,1H3,(H,27,32). The zero-order valence-electron chi connectivity index (χ0n) is 18.1. The van der Waals surface area contributed by atoms with E-state index in [1.165, 1.54) is 12.1 Å². The minimum Gasteiger partial charge on any atom is -0.334 e. The van der Waals surface area contributed by atoms with Gasteiger partial charge in [0.1, 0.15) is 0 Å². The molecule has 0 bridgehead atoms. The molecule has 4 rings (SSSR count). The number of piperazine rings is 1. The van der Waals surface area contributed by atoms with Crippen LogP contribution in [0.25, 0.3) is 11.5 Å². The highest BCUT2D eigenvalue weighted by molar-refractivity contribution is 5.89. The van der Waals surface area contributed by atoms with E-state index in [4.69, 9.17) is 4.52 Å². The number of carbonyl (C=O) groups is 1. The molecule has 1 aliphatic heterocycles. The Morgan fingerprint density at radius 2 is 1.82 bits per heavy atom. The fraction of sp³-hybridized carbons (Fsp3) is 0.348. The van der Waals surface area contributed by atoms with E-state index in [1.54, 1.807) is 4.90 Å². The number of urea groups is 1. The van der Waals surface area contributed by atoms with Crippen molar-refractivity contribution in [1.82, 2.24) is 19.9 Å². The first-order valence-electron chi connectivity index (χ1n) is 10.7. The van der Waals surface area contributed by atoms with Gasteiger partial charge in [-0.2, -0.15) is 18.2 Å². The highest BCUT2D eigenvalue weighted by Gasteiger charge is 2.30. The Hall–Kier alpha value is -3.40. The maximum atomic E-state index is 12.7. The number of carbonyl (C=O) groups excluding carboxylic acids is 1. The van der Waals surface area contributed by atoms with Crippen LogP contribution < -0.4 is 5.32 Å². The molecule has 0 aliphatic carbocycles. The molecule has 0 atom stereocenters. The van der Waals surface area contributed by atoms with Gasteiger partial charge in [0.15, 0.2) is 5.82 Å². The first-order chi connectivity index (χ1) is 15.8. The first kappa shape index (κ1) is 22.8. The molecule has 0 radical (unpaired) electrons. The summed E-state index contributed by atoms with van der Waals surface area (Å²) in [6, 6.07) is 12.3. The average molecular weight is 459 g/mol. The number of hydrogen-bond donors (Lipinski definition) is 1. The van der Waals surface area contributed by atoms with Crippen LogP contribution in [0.3, 0.4) is 0 Å². The Balaban J connectivity index is 1.29. The van der Waals surface area contributed by atoms with E-state index in [0.717, 1.165) is 29.8 Å². The summed E-state index contributed by atoms with van der Waals surface area (Å²) < 4.78 is 43.4. The van der Waals surface area contributed by atoms with Crippen molar-refractivity contribution in [2.45, 2.75) is 26.1 Å². The number of anilines is 1. The van der Waals surface area contributed by atoms with Gasteiger partial charge < -0.3 is 14.7 Å². The SMILES string of the molecule is CCc1cccc(NC(=O)N2CCN(Cc3noc(-c4ccc(C(F)(F)F)cc4)n3)CC2)c1. The molecule has 1 N–H and O–H groups in total. The van der Waals surface area contributed by atoms with E-state index in [2.05, 4.69) is 27.3 Å². The zero-order chi connectivity index (χ0) is 23.4. The highest BCUT2D eigenvalue weighted by atomic mass is 19.4. The molecule has 33 heavy (non-hydrogen) atoms. The summed E-state index contributed by atoms with van der Waals surface area (Å²) in [4.78, 5) is 20.7. The molecule has 2 heterocycles. The lowest BCUT2D eigenvalue weighted by Crippen LogP contribution is -2.49. The van der Waals surface area contributed by atoms with E-state index in [-0.39, 0.29) is 11.9 Å². The summed E-state index contributed by atoms with van der Waals surface area (Å²) in [5.41, 5.74) is 1.64. The van der Waals surface area contributed by atoms with Gasteiger partial charge in [-0.3, -0.25) is 4.90 Å². The van der Waals surface area contributed by atoms with Gasteiger partial charge in [0, 0.05) is 37.4 Å². The van der Waals surface area contributed by atoms with Crippen molar-refractivity contribution in [3.05, 3.63) is 65.5 Å². The largest absolute Gasteiger partial charge is 0.416 e. The molecule has 1 aromatic heterocycles. The van der Waals surface area contributed by atoms with E-state index in [9.17, 15) is 18.0 Å². The summed E-state index contributed by atoms with van der Waals surface area (Å²) in [6.07, 6.45) is -3.49. The fourth-order valence-electron chi connectivity index (χ4n) is 3.62. The number of nitrogens with zero attached hydrogens (tertiary/aromatic N) is 4.